The highest BCUT2D eigenvalue weighted by Crippen LogP contribution is 2.31. The van der Waals surface area contributed by atoms with Crippen molar-refractivity contribution in [1.29, 1.82) is 0 Å². The molecule has 168 valence electrons. The normalized spacial score (nSPS) is 18.4. The number of epoxide rings is 1. The summed E-state index contributed by atoms with van der Waals surface area (Å²) in [7, 11) is -3.46. The Hall–Kier alpha value is -0.103. The molecule has 1 aliphatic rings. The molecule has 0 saturated carbocycles. The lowest BCUT2D eigenvalue weighted by Gasteiger charge is -2.40. The van der Waals surface area contributed by atoms with Gasteiger partial charge in [0.15, 0.2) is 0 Å². The standard InChI is InChI=1S/C19H40O8Si/c1-7-13-17(20-15-18-16-21-18)14-19(22-8-2,23-9-3)27-28(24-10-4,25-11-5)26-12-6/h17-18H,7-16H2,1-6H3. The first-order chi connectivity index (χ1) is 13.5. The highest BCUT2D eigenvalue weighted by molar-refractivity contribution is 6.53. The zero-order valence-electron chi connectivity index (χ0n) is 18.5. The topological polar surface area (TPSA) is 77.1 Å². The predicted molar refractivity (Wildman–Crippen MR) is 107 cm³/mol. The minimum absolute atomic E-state index is 0.108. The van der Waals surface area contributed by atoms with E-state index >= 15 is 0 Å². The van der Waals surface area contributed by atoms with E-state index in [9.17, 15) is 0 Å². The van der Waals surface area contributed by atoms with Crippen LogP contribution in [-0.4, -0.2) is 73.5 Å². The summed E-state index contributed by atoms with van der Waals surface area (Å²) in [5, 5.41) is 0. The molecule has 1 rings (SSSR count). The van der Waals surface area contributed by atoms with E-state index in [1.807, 2.05) is 34.6 Å². The molecule has 1 aliphatic heterocycles. The molecule has 0 aromatic heterocycles. The van der Waals surface area contributed by atoms with Gasteiger partial charge >= 0.3 is 9.05 Å². The molecule has 0 N–H and O–H groups in total. The Morgan fingerprint density at radius 3 is 1.82 bits per heavy atom. The average molecular weight is 425 g/mol. The third-order valence-electron chi connectivity index (χ3n) is 3.98. The van der Waals surface area contributed by atoms with Crippen molar-refractivity contribution in [1.82, 2.24) is 0 Å². The molecule has 2 atom stereocenters. The summed E-state index contributed by atoms with van der Waals surface area (Å²) in [6, 6.07) is 0. The summed E-state index contributed by atoms with van der Waals surface area (Å²) in [6.45, 7) is 14.9. The van der Waals surface area contributed by atoms with E-state index in [0.717, 1.165) is 19.4 Å². The van der Waals surface area contributed by atoms with E-state index in [2.05, 4.69) is 6.92 Å². The highest BCUT2D eigenvalue weighted by atomic mass is 28.4. The lowest BCUT2D eigenvalue weighted by molar-refractivity contribution is -0.373. The van der Waals surface area contributed by atoms with Crippen molar-refractivity contribution in [2.45, 2.75) is 79.0 Å². The predicted octanol–water partition coefficient (Wildman–Crippen LogP) is 3.25. The minimum Gasteiger partial charge on any atom is -0.375 e. The van der Waals surface area contributed by atoms with Crippen LogP contribution in [0.2, 0.25) is 0 Å². The van der Waals surface area contributed by atoms with Gasteiger partial charge in [-0.3, -0.25) is 4.43 Å². The molecule has 0 amide bonds. The van der Waals surface area contributed by atoms with Crippen LogP contribution < -0.4 is 0 Å². The van der Waals surface area contributed by atoms with Gasteiger partial charge in [-0.1, -0.05) is 13.3 Å². The Bertz CT molecular complexity index is 371. The van der Waals surface area contributed by atoms with Crippen molar-refractivity contribution in [3.05, 3.63) is 0 Å². The molecule has 1 heterocycles. The molecule has 1 fully saturated rings. The van der Waals surface area contributed by atoms with E-state index in [1.165, 1.54) is 0 Å². The number of hydrogen-bond acceptors (Lipinski definition) is 8. The van der Waals surface area contributed by atoms with Crippen molar-refractivity contribution in [3.8, 4) is 0 Å². The summed E-state index contributed by atoms with van der Waals surface area (Å²) in [6.07, 6.45) is 2.29. The van der Waals surface area contributed by atoms with Gasteiger partial charge in [-0.15, -0.1) is 0 Å². The molecule has 0 bridgehead atoms. The van der Waals surface area contributed by atoms with Crippen molar-refractivity contribution in [2.75, 3.05) is 46.2 Å². The lowest BCUT2D eigenvalue weighted by Crippen LogP contribution is -2.58. The van der Waals surface area contributed by atoms with Gasteiger partial charge in [0.05, 0.1) is 25.7 Å². The van der Waals surface area contributed by atoms with Crippen molar-refractivity contribution in [2.24, 2.45) is 0 Å². The fourth-order valence-electron chi connectivity index (χ4n) is 2.89. The zero-order chi connectivity index (χ0) is 20.9. The molecule has 0 aromatic rings. The van der Waals surface area contributed by atoms with Crippen LogP contribution in [0.25, 0.3) is 0 Å². The van der Waals surface area contributed by atoms with E-state index in [-0.39, 0.29) is 12.2 Å². The van der Waals surface area contributed by atoms with Crippen molar-refractivity contribution >= 4 is 9.05 Å². The second-order valence-corrected chi connectivity index (χ2v) is 8.42. The number of rotatable bonds is 19. The van der Waals surface area contributed by atoms with Gasteiger partial charge in [-0.05, 0) is 41.0 Å². The summed E-state index contributed by atoms with van der Waals surface area (Å²) in [5.74, 6) is -1.36. The molecule has 0 aliphatic carbocycles. The minimum atomic E-state index is -3.46. The van der Waals surface area contributed by atoms with Gasteiger partial charge in [0, 0.05) is 33.0 Å². The summed E-state index contributed by atoms with van der Waals surface area (Å²) < 4.78 is 47.3. The zero-order valence-corrected chi connectivity index (χ0v) is 19.5. The Morgan fingerprint density at radius 2 is 1.43 bits per heavy atom. The van der Waals surface area contributed by atoms with E-state index in [0.29, 0.717) is 46.1 Å². The maximum Gasteiger partial charge on any atom is 0.683 e. The second-order valence-electron chi connectivity index (χ2n) is 6.35. The van der Waals surface area contributed by atoms with Gasteiger partial charge in [0.2, 0.25) is 0 Å². The monoisotopic (exact) mass is 424 g/mol. The summed E-state index contributed by atoms with van der Waals surface area (Å²) >= 11 is 0. The van der Waals surface area contributed by atoms with Crippen LogP contribution in [0, 0.1) is 0 Å². The molecule has 1 saturated heterocycles. The highest BCUT2D eigenvalue weighted by Gasteiger charge is 2.54. The van der Waals surface area contributed by atoms with Gasteiger partial charge in [-0.25, -0.2) is 0 Å². The first-order valence-electron chi connectivity index (χ1n) is 10.7. The molecule has 0 aromatic carbocycles. The molecule has 9 heteroatoms. The summed E-state index contributed by atoms with van der Waals surface area (Å²) in [5.41, 5.74) is 0. The molecule has 8 nitrogen and oxygen atoms in total. The average Bonchev–Trinajstić information content (AvgIpc) is 3.45. The van der Waals surface area contributed by atoms with Gasteiger partial charge in [-0.2, -0.15) is 0 Å². The molecule has 2 unspecified atom stereocenters. The Labute approximate surface area is 171 Å². The van der Waals surface area contributed by atoms with Crippen LogP contribution >= 0.6 is 0 Å². The first-order valence-corrected chi connectivity index (χ1v) is 12.3. The van der Waals surface area contributed by atoms with Crippen LogP contribution in [0.5, 0.6) is 0 Å². The number of ether oxygens (including phenoxy) is 4. The quantitative estimate of drug-likeness (QED) is 0.178. The third-order valence-corrected chi connectivity index (χ3v) is 6.47. The Kier molecular flexibility index (Phi) is 13.0. The molecule has 0 radical (unpaired) electrons. The van der Waals surface area contributed by atoms with Crippen LogP contribution in [0.4, 0.5) is 0 Å². The second kappa shape index (κ2) is 14.0. The van der Waals surface area contributed by atoms with Gasteiger partial charge < -0.3 is 32.2 Å². The Morgan fingerprint density at radius 1 is 0.893 bits per heavy atom. The largest absolute Gasteiger partial charge is 0.683 e. The van der Waals surface area contributed by atoms with Crippen molar-refractivity contribution < 1.29 is 36.7 Å². The summed E-state index contributed by atoms with van der Waals surface area (Å²) in [4.78, 5) is 0. The molecular weight excluding hydrogens is 384 g/mol. The van der Waals surface area contributed by atoms with E-state index in [4.69, 9.17) is 36.7 Å². The number of hydrogen-bond donors (Lipinski definition) is 0. The van der Waals surface area contributed by atoms with Crippen molar-refractivity contribution in [3.63, 3.8) is 0 Å². The van der Waals surface area contributed by atoms with Crippen LogP contribution in [0.1, 0.15) is 60.8 Å². The van der Waals surface area contributed by atoms with Crippen LogP contribution in [0.15, 0.2) is 0 Å². The van der Waals surface area contributed by atoms with Crippen LogP contribution in [-0.2, 0) is 36.7 Å². The van der Waals surface area contributed by atoms with E-state index < -0.39 is 15.0 Å². The molecule has 0 spiro atoms. The maximum absolute atomic E-state index is 6.34. The lowest BCUT2D eigenvalue weighted by atomic mass is 10.1. The van der Waals surface area contributed by atoms with Crippen LogP contribution in [0.3, 0.4) is 0 Å². The van der Waals surface area contributed by atoms with E-state index in [1.54, 1.807) is 0 Å². The molecular formula is C19H40O8Si. The van der Waals surface area contributed by atoms with Gasteiger partial charge in [0.1, 0.15) is 6.10 Å². The molecule has 28 heavy (non-hydrogen) atoms. The van der Waals surface area contributed by atoms with Gasteiger partial charge in [0.25, 0.3) is 5.97 Å². The SMILES string of the molecule is CCCC(CC(OCC)(OCC)O[Si](OCC)(OCC)OCC)OCC1CO1. The fraction of sp³-hybridized carbons (Fsp3) is 1.00. The smallest absolute Gasteiger partial charge is 0.375 e. The fourth-order valence-corrected chi connectivity index (χ4v) is 4.96. The maximum atomic E-state index is 6.34. The third kappa shape index (κ3) is 9.14. The first kappa shape index (κ1) is 25.9. The Balaban J connectivity index is 3.04.